The van der Waals surface area contributed by atoms with Crippen molar-refractivity contribution in [2.45, 2.75) is 19.0 Å². The Morgan fingerprint density at radius 2 is 2.05 bits per heavy atom. The van der Waals surface area contributed by atoms with Crippen LogP contribution in [0.25, 0.3) is 0 Å². The number of halogens is 1. The molecule has 2 nitrogen and oxygen atoms in total. The van der Waals surface area contributed by atoms with Crippen LogP contribution in [-0.2, 0) is 13.0 Å². The summed E-state index contributed by atoms with van der Waals surface area (Å²) in [6.45, 7) is 4.30. The average Bonchev–Trinajstić information content (AvgIpc) is 2.86. The summed E-state index contributed by atoms with van der Waals surface area (Å²) >= 11 is 7.69. The lowest BCUT2D eigenvalue weighted by Gasteiger charge is -2.33. The van der Waals surface area contributed by atoms with E-state index in [9.17, 15) is 0 Å². The summed E-state index contributed by atoms with van der Waals surface area (Å²) in [5, 5.41) is 3.62. The summed E-state index contributed by atoms with van der Waals surface area (Å²) < 4.78 is 0.885. The number of hydrogen-bond donors (Lipinski definition) is 1. The van der Waals surface area contributed by atoms with Gasteiger partial charge < -0.3 is 5.32 Å². The number of hydrogen-bond acceptors (Lipinski definition) is 3. The largest absolute Gasteiger partial charge is 0.311 e. The molecule has 1 aromatic carbocycles. The first-order valence-corrected chi connectivity index (χ1v) is 8.23. The molecule has 1 saturated heterocycles. The molecule has 0 spiro atoms. The van der Waals surface area contributed by atoms with E-state index in [2.05, 4.69) is 46.6 Å². The summed E-state index contributed by atoms with van der Waals surface area (Å²) in [6, 6.07) is 15.4. The highest BCUT2D eigenvalue weighted by Crippen LogP contribution is 2.23. The van der Waals surface area contributed by atoms with Crippen molar-refractivity contribution in [1.82, 2.24) is 10.2 Å². The molecule has 0 radical (unpaired) electrons. The van der Waals surface area contributed by atoms with Gasteiger partial charge in [-0.2, -0.15) is 0 Å². The Bertz CT molecular complexity index is 540. The second kappa shape index (κ2) is 6.72. The Labute approximate surface area is 129 Å². The fraction of sp³-hybridized carbons (Fsp3) is 0.375. The fourth-order valence-electron chi connectivity index (χ4n) is 2.73. The average molecular weight is 307 g/mol. The zero-order chi connectivity index (χ0) is 13.8. The second-order valence-electron chi connectivity index (χ2n) is 5.28. The van der Waals surface area contributed by atoms with E-state index < -0.39 is 0 Å². The lowest BCUT2D eigenvalue weighted by Crippen LogP contribution is -2.51. The maximum atomic E-state index is 6.00. The molecule has 106 valence electrons. The van der Waals surface area contributed by atoms with Crippen molar-refractivity contribution in [3.63, 3.8) is 0 Å². The van der Waals surface area contributed by atoms with Gasteiger partial charge in [0.1, 0.15) is 0 Å². The first-order chi connectivity index (χ1) is 9.79. The molecular formula is C16H19ClN2S. The minimum Gasteiger partial charge on any atom is -0.311 e. The van der Waals surface area contributed by atoms with Crippen molar-refractivity contribution >= 4 is 22.9 Å². The van der Waals surface area contributed by atoms with Gasteiger partial charge in [0.25, 0.3) is 0 Å². The Balaban J connectivity index is 1.56. The molecular weight excluding hydrogens is 288 g/mol. The number of thiophene rings is 1. The summed E-state index contributed by atoms with van der Waals surface area (Å²) in [5.74, 6) is 0. The van der Waals surface area contributed by atoms with E-state index in [1.165, 1.54) is 10.4 Å². The van der Waals surface area contributed by atoms with Gasteiger partial charge in [-0.15, -0.1) is 11.3 Å². The smallest absolute Gasteiger partial charge is 0.0931 e. The molecule has 4 heteroatoms. The highest BCUT2D eigenvalue weighted by Gasteiger charge is 2.19. The van der Waals surface area contributed by atoms with E-state index >= 15 is 0 Å². The quantitative estimate of drug-likeness (QED) is 0.931. The molecule has 0 bridgehead atoms. The summed E-state index contributed by atoms with van der Waals surface area (Å²) in [5.41, 5.74) is 1.41. The molecule has 1 unspecified atom stereocenters. The van der Waals surface area contributed by atoms with E-state index in [0.717, 1.165) is 36.9 Å². The van der Waals surface area contributed by atoms with Gasteiger partial charge in [0.2, 0.25) is 0 Å². The van der Waals surface area contributed by atoms with Crippen LogP contribution in [0.3, 0.4) is 0 Å². The number of nitrogens with zero attached hydrogens (tertiary/aromatic N) is 1. The van der Waals surface area contributed by atoms with Crippen molar-refractivity contribution in [3.05, 3.63) is 57.2 Å². The third kappa shape index (κ3) is 3.83. The van der Waals surface area contributed by atoms with Crippen LogP contribution in [0.15, 0.2) is 42.5 Å². The predicted octanol–water partition coefficient (Wildman–Crippen LogP) is 3.42. The van der Waals surface area contributed by atoms with Crippen LogP contribution in [0.5, 0.6) is 0 Å². The predicted molar refractivity (Wildman–Crippen MR) is 86.5 cm³/mol. The lowest BCUT2D eigenvalue weighted by molar-refractivity contribution is 0.193. The van der Waals surface area contributed by atoms with Gasteiger partial charge in [-0.3, -0.25) is 4.90 Å². The number of piperazine rings is 1. The third-order valence-corrected chi connectivity index (χ3v) is 4.89. The van der Waals surface area contributed by atoms with Gasteiger partial charge in [0.15, 0.2) is 0 Å². The minimum absolute atomic E-state index is 0.543. The van der Waals surface area contributed by atoms with Crippen LogP contribution in [0, 0.1) is 0 Å². The highest BCUT2D eigenvalue weighted by molar-refractivity contribution is 7.16. The Hall–Kier alpha value is -0.870. The lowest BCUT2D eigenvalue weighted by atomic mass is 10.0. The second-order valence-corrected chi connectivity index (χ2v) is 7.08. The number of benzene rings is 1. The van der Waals surface area contributed by atoms with Gasteiger partial charge in [-0.25, -0.2) is 0 Å². The zero-order valence-corrected chi connectivity index (χ0v) is 13.0. The van der Waals surface area contributed by atoms with Crippen molar-refractivity contribution in [2.75, 3.05) is 19.6 Å². The minimum atomic E-state index is 0.543. The summed E-state index contributed by atoms with van der Waals surface area (Å²) in [7, 11) is 0. The van der Waals surface area contributed by atoms with Crippen molar-refractivity contribution in [3.8, 4) is 0 Å². The van der Waals surface area contributed by atoms with Crippen LogP contribution in [0.2, 0.25) is 4.34 Å². The van der Waals surface area contributed by atoms with E-state index in [0.29, 0.717) is 6.04 Å². The SMILES string of the molecule is Clc1ccc(CN2CCNC(Cc3ccccc3)C2)s1. The molecule has 0 amide bonds. The van der Waals surface area contributed by atoms with Crippen LogP contribution in [0.4, 0.5) is 0 Å². The van der Waals surface area contributed by atoms with E-state index in [1.54, 1.807) is 11.3 Å². The van der Waals surface area contributed by atoms with Crippen LogP contribution < -0.4 is 5.32 Å². The highest BCUT2D eigenvalue weighted by atomic mass is 35.5. The molecule has 1 aliphatic heterocycles. The maximum absolute atomic E-state index is 6.00. The van der Waals surface area contributed by atoms with E-state index in [1.807, 2.05) is 6.07 Å². The maximum Gasteiger partial charge on any atom is 0.0931 e. The first kappa shape index (κ1) is 14.1. The molecule has 1 N–H and O–H groups in total. The summed E-state index contributed by atoms with van der Waals surface area (Å²) in [6.07, 6.45) is 1.10. The molecule has 0 aliphatic carbocycles. The molecule has 3 rings (SSSR count). The molecule has 1 aliphatic rings. The Kier molecular flexibility index (Phi) is 4.73. The van der Waals surface area contributed by atoms with E-state index in [4.69, 9.17) is 11.6 Å². The number of nitrogens with one attached hydrogen (secondary N) is 1. The molecule has 1 fully saturated rings. The molecule has 20 heavy (non-hydrogen) atoms. The van der Waals surface area contributed by atoms with Crippen molar-refractivity contribution in [2.24, 2.45) is 0 Å². The third-order valence-electron chi connectivity index (χ3n) is 3.67. The van der Waals surface area contributed by atoms with Gasteiger partial charge in [0, 0.05) is 37.1 Å². The Morgan fingerprint density at radius 1 is 1.20 bits per heavy atom. The van der Waals surface area contributed by atoms with Gasteiger partial charge in [0.05, 0.1) is 4.34 Å². The van der Waals surface area contributed by atoms with Crippen LogP contribution in [-0.4, -0.2) is 30.6 Å². The Morgan fingerprint density at radius 3 is 2.80 bits per heavy atom. The van der Waals surface area contributed by atoms with Gasteiger partial charge in [-0.1, -0.05) is 41.9 Å². The standard InChI is InChI=1S/C16H19ClN2S/c17-16-7-6-15(20-16)12-19-9-8-18-14(11-19)10-13-4-2-1-3-5-13/h1-7,14,18H,8-12H2. The molecule has 0 saturated carbocycles. The normalized spacial score (nSPS) is 20.1. The fourth-order valence-corrected chi connectivity index (χ4v) is 3.86. The molecule has 2 heterocycles. The van der Waals surface area contributed by atoms with E-state index in [-0.39, 0.29) is 0 Å². The van der Waals surface area contributed by atoms with Crippen molar-refractivity contribution < 1.29 is 0 Å². The monoisotopic (exact) mass is 306 g/mol. The molecule has 1 aromatic heterocycles. The van der Waals surface area contributed by atoms with Gasteiger partial charge in [-0.05, 0) is 24.1 Å². The summed E-state index contributed by atoms with van der Waals surface area (Å²) in [4.78, 5) is 3.88. The topological polar surface area (TPSA) is 15.3 Å². The number of rotatable bonds is 4. The molecule has 2 aromatic rings. The van der Waals surface area contributed by atoms with Gasteiger partial charge >= 0.3 is 0 Å². The van der Waals surface area contributed by atoms with Crippen molar-refractivity contribution in [1.29, 1.82) is 0 Å². The first-order valence-electron chi connectivity index (χ1n) is 7.03. The zero-order valence-electron chi connectivity index (χ0n) is 11.4. The van der Waals surface area contributed by atoms with Crippen LogP contribution >= 0.6 is 22.9 Å². The van der Waals surface area contributed by atoms with Crippen LogP contribution in [0.1, 0.15) is 10.4 Å². The molecule has 1 atom stereocenters.